The van der Waals surface area contributed by atoms with E-state index in [1.165, 1.54) is 5.56 Å². The fourth-order valence-electron chi connectivity index (χ4n) is 3.34. The molecule has 0 saturated carbocycles. The fourth-order valence-corrected chi connectivity index (χ4v) is 3.34. The molecule has 4 rings (SSSR count). The van der Waals surface area contributed by atoms with Crippen molar-refractivity contribution >= 4 is 11.5 Å². The van der Waals surface area contributed by atoms with Crippen molar-refractivity contribution in [3.05, 3.63) is 126 Å². The number of anilines is 1. The molecule has 1 aliphatic rings. The molecular weight excluding hydrogens is 330 g/mol. The number of ketones is 1. The van der Waals surface area contributed by atoms with E-state index < -0.39 is 0 Å². The Morgan fingerprint density at radius 2 is 1.44 bits per heavy atom. The Bertz CT molecular complexity index is 986. The van der Waals surface area contributed by atoms with Crippen molar-refractivity contribution in [3.63, 3.8) is 0 Å². The van der Waals surface area contributed by atoms with Crippen LogP contribution in [0.25, 0.3) is 0 Å². The second kappa shape index (κ2) is 7.46. The lowest BCUT2D eigenvalue weighted by Gasteiger charge is -2.27. The van der Waals surface area contributed by atoms with Gasteiger partial charge in [0.25, 0.3) is 0 Å². The number of benzene rings is 3. The summed E-state index contributed by atoms with van der Waals surface area (Å²) in [5.74, 6) is 0.00604. The second-order valence-corrected chi connectivity index (χ2v) is 6.75. The van der Waals surface area contributed by atoms with Gasteiger partial charge in [0.2, 0.25) is 0 Å². The minimum atomic E-state index is -0.0550. The van der Waals surface area contributed by atoms with E-state index in [0.29, 0.717) is 5.56 Å². The second-order valence-electron chi connectivity index (χ2n) is 6.75. The quantitative estimate of drug-likeness (QED) is 0.547. The lowest BCUT2D eigenvalue weighted by molar-refractivity contribution is 0.102. The molecule has 132 valence electrons. The largest absolute Gasteiger partial charge is 0.324 e. The Morgan fingerprint density at radius 3 is 2.11 bits per heavy atom. The average Bonchev–Trinajstić information content (AvgIpc) is 2.74. The first-order valence-electron chi connectivity index (χ1n) is 9.12. The zero-order valence-electron chi connectivity index (χ0n) is 15.2. The lowest BCUT2D eigenvalue weighted by Crippen LogP contribution is -2.21. The third kappa shape index (κ3) is 3.61. The number of hydrogen-bond acceptors (Lipinski definition) is 2. The number of hydrogen-bond donors (Lipinski definition) is 0. The van der Waals surface area contributed by atoms with E-state index in [-0.39, 0.29) is 11.7 Å². The highest BCUT2D eigenvalue weighted by atomic mass is 16.1. The van der Waals surface area contributed by atoms with Gasteiger partial charge >= 0.3 is 0 Å². The zero-order chi connectivity index (χ0) is 18.6. The Labute approximate surface area is 160 Å². The fraction of sp³-hybridized carbons (Fsp3) is 0.0800. The van der Waals surface area contributed by atoms with Gasteiger partial charge in [0.15, 0.2) is 5.78 Å². The van der Waals surface area contributed by atoms with E-state index in [1.807, 2.05) is 65.8 Å². The van der Waals surface area contributed by atoms with Crippen LogP contribution >= 0.6 is 0 Å². The topological polar surface area (TPSA) is 20.3 Å². The van der Waals surface area contributed by atoms with Gasteiger partial charge in [0.1, 0.15) is 0 Å². The van der Waals surface area contributed by atoms with Gasteiger partial charge in [-0.25, -0.2) is 0 Å². The highest BCUT2D eigenvalue weighted by Gasteiger charge is 2.25. The van der Waals surface area contributed by atoms with Crippen LogP contribution in [0, 0.1) is 6.92 Å². The van der Waals surface area contributed by atoms with Crippen LogP contribution in [-0.2, 0) is 0 Å². The first-order chi connectivity index (χ1) is 13.2. The third-order valence-electron chi connectivity index (χ3n) is 4.84. The van der Waals surface area contributed by atoms with E-state index >= 15 is 0 Å². The molecule has 1 aliphatic heterocycles. The summed E-state index contributed by atoms with van der Waals surface area (Å²) in [5.41, 5.74) is 4.86. The molecule has 0 aromatic heterocycles. The predicted molar refractivity (Wildman–Crippen MR) is 111 cm³/mol. The molecule has 0 saturated heterocycles. The van der Waals surface area contributed by atoms with Crippen molar-refractivity contribution in [1.82, 2.24) is 0 Å². The van der Waals surface area contributed by atoms with Crippen molar-refractivity contribution in [3.8, 4) is 0 Å². The summed E-state index contributed by atoms with van der Waals surface area (Å²) in [6.45, 7) is 2.07. The predicted octanol–water partition coefficient (Wildman–Crippen LogP) is 5.88. The van der Waals surface area contributed by atoms with Crippen LogP contribution in [0.15, 0.2) is 109 Å². The van der Waals surface area contributed by atoms with Crippen LogP contribution in [0.1, 0.15) is 27.4 Å². The third-order valence-corrected chi connectivity index (χ3v) is 4.84. The molecule has 0 spiro atoms. The molecule has 2 heteroatoms. The highest BCUT2D eigenvalue weighted by molar-refractivity contribution is 6.10. The summed E-state index contributed by atoms with van der Waals surface area (Å²) in [5, 5.41) is 0. The first kappa shape index (κ1) is 17.0. The van der Waals surface area contributed by atoms with E-state index in [9.17, 15) is 4.79 Å². The molecule has 0 aliphatic carbocycles. The van der Waals surface area contributed by atoms with E-state index in [2.05, 4.69) is 49.4 Å². The van der Waals surface area contributed by atoms with Crippen LogP contribution < -0.4 is 4.90 Å². The molecule has 27 heavy (non-hydrogen) atoms. The molecule has 3 aromatic carbocycles. The number of nitrogens with zero attached hydrogens (tertiary/aromatic N) is 1. The Kier molecular flexibility index (Phi) is 4.71. The molecule has 2 nitrogen and oxygen atoms in total. The standard InChI is InChI=1S/C25H21NO/c1-19-12-14-22(15-13-19)26-17-16-23(20-8-4-2-5-9-20)24(18-26)25(27)21-10-6-3-7-11-21/h2-18,23H,1H3. The van der Waals surface area contributed by atoms with Gasteiger partial charge in [-0.2, -0.15) is 0 Å². The van der Waals surface area contributed by atoms with Gasteiger partial charge in [-0.1, -0.05) is 84.4 Å². The molecule has 1 atom stereocenters. The number of aryl methyl sites for hydroxylation is 1. The number of carbonyl (C=O) groups is 1. The summed E-state index contributed by atoms with van der Waals surface area (Å²) >= 11 is 0. The van der Waals surface area contributed by atoms with Crippen molar-refractivity contribution in [2.75, 3.05) is 4.90 Å². The summed E-state index contributed by atoms with van der Waals surface area (Å²) < 4.78 is 0. The molecular formula is C25H21NO. The molecule has 0 N–H and O–H groups in total. The van der Waals surface area contributed by atoms with E-state index in [4.69, 9.17) is 0 Å². The molecule has 0 fully saturated rings. The Morgan fingerprint density at radius 1 is 0.815 bits per heavy atom. The van der Waals surface area contributed by atoms with E-state index in [0.717, 1.165) is 16.8 Å². The normalized spacial score (nSPS) is 16.1. The number of carbonyl (C=O) groups excluding carboxylic acids is 1. The Balaban J connectivity index is 1.76. The van der Waals surface area contributed by atoms with Crippen LogP contribution in [-0.4, -0.2) is 5.78 Å². The molecule has 0 radical (unpaired) electrons. The van der Waals surface area contributed by atoms with E-state index in [1.54, 1.807) is 0 Å². The van der Waals surface area contributed by atoms with Crippen LogP contribution in [0.5, 0.6) is 0 Å². The Hall–Kier alpha value is -3.39. The van der Waals surface area contributed by atoms with Gasteiger partial charge < -0.3 is 4.90 Å². The monoisotopic (exact) mass is 351 g/mol. The zero-order valence-corrected chi connectivity index (χ0v) is 15.2. The van der Waals surface area contributed by atoms with Gasteiger partial charge in [0.05, 0.1) is 0 Å². The van der Waals surface area contributed by atoms with Crippen LogP contribution in [0.4, 0.5) is 5.69 Å². The maximum Gasteiger partial charge on any atom is 0.191 e. The van der Waals surface area contributed by atoms with Crippen LogP contribution in [0.2, 0.25) is 0 Å². The maximum atomic E-state index is 13.3. The molecule has 0 amide bonds. The minimum Gasteiger partial charge on any atom is -0.324 e. The molecule has 0 bridgehead atoms. The highest BCUT2D eigenvalue weighted by Crippen LogP contribution is 2.33. The maximum absolute atomic E-state index is 13.3. The smallest absolute Gasteiger partial charge is 0.191 e. The average molecular weight is 351 g/mol. The molecule has 1 heterocycles. The number of allylic oxidation sites excluding steroid dienone is 2. The summed E-state index contributed by atoms with van der Waals surface area (Å²) in [7, 11) is 0. The first-order valence-corrected chi connectivity index (χ1v) is 9.12. The van der Waals surface area contributed by atoms with Crippen LogP contribution in [0.3, 0.4) is 0 Å². The SMILES string of the molecule is Cc1ccc(N2C=CC(c3ccccc3)C(C(=O)c3ccccc3)=C2)cc1. The van der Waals surface area contributed by atoms with Crippen molar-refractivity contribution in [1.29, 1.82) is 0 Å². The van der Waals surface area contributed by atoms with Gasteiger partial charge in [-0.05, 0) is 24.6 Å². The molecule has 3 aromatic rings. The van der Waals surface area contributed by atoms with Crippen molar-refractivity contribution in [2.45, 2.75) is 12.8 Å². The van der Waals surface area contributed by atoms with Crippen molar-refractivity contribution < 1.29 is 4.79 Å². The lowest BCUT2D eigenvalue weighted by atomic mass is 9.85. The summed E-state index contributed by atoms with van der Waals surface area (Å²) in [6.07, 6.45) is 6.12. The minimum absolute atomic E-state index is 0.0550. The number of Topliss-reactive ketones (excluding diaryl/α,β-unsaturated/α-hetero) is 1. The van der Waals surface area contributed by atoms with Gasteiger partial charge in [0, 0.05) is 35.1 Å². The summed E-state index contributed by atoms with van der Waals surface area (Å²) in [4.78, 5) is 15.3. The molecule has 1 unspecified atom stereocenters. The van der Waals surface area contributed by atoms with Gasteiger partial charge in [-0.3, -0.25) is 4.79 Å². The summed E-state index contributed by atoms with van der Waals surface area (Å²) in [6, 6.07) is 28.0. The van der Waals surface area contributed by atoms with Gasteiger partial charge in [-0.15, -0.1) is 0 Å². The van der Waals surface area contributed by atoms with Crippen molar-refractivity contribution in [2.24, 2.45) is 0 Å². The number of rotatable bonds is 4.